The quantitative estimate of drug-likeness (QED) is 0.642. The average molecular weight is 315 g/mol. The van der Waals surface area contributed by atoms with Crippen molar-refractivity contribution in [3.05, 3.63) is 51.8 Å². The van der Waals surface area contributed by atoms with Gasteiger partial charge in [-0.2, -0.15) is 0 Å². The molecule has 22 heavy (non-hydrogen) atoms. The van der Waals surface area contributed by atoms with Gasteiger partial charge in [-0.1, -0.05) is 12.1 Å². The van der Waals surface area contributed by atoms with Crippen LogP contribution in [-0.4, -0.2) is 26.1 Å². The highest BCUT2D eigenvalue weighted by Gasteiger charge is 2.24. The predicted molar refractivity (Wildman–Crippen MR) is 84.5 cm³/mol. The molecule has 112 valence electrons. The number of aliphatic imine (C=N–C) groups is 1. The summed E-state index contributed by atoms with van der Waals surface area (Å²) in [6.07, 6.45) is 1.66. The van der Waals surface area contributed by atoms with Crippen molar-refractivity contribution in [1.29, 1.82) is 0 Å². The second-order valence-corrected chi connectivity index (χ2v) is 5.38. The standard InChI is InChI=1S/C16H13NO4S/c1-19-12-6-5-10(9-13(12)20-2)8-11-16(18)21-15(17-11)14-4-3-7-22-14/h3-9H,1-2H3/b11-8+. The smallest absolute Gasteiger partial charge is 0.363 e. The molecule has 0 saturated carbocycles. The third-order valence-corrected chi connectivity index (χ3v) is 3.92. The summed E-state index contributed by atoms with van der Waals surface area (Å²) in [7, 11) is 3.13. The topological polar surface area (TPSA) is 57.1 Å². The van der Waals surface area contributed by atoms with Gasteiger partial charge in [-0.3, -0.25) is 0 Å². The van der Waals surface area contributed by atoms with Crippen LogP contribution in [0.1, 0.15) is 10.4 Å². The number of esters is 1. The lowest BCUT2D eigenvalue weighted by Crippen LogP contribution is -2.03. The van der Waals surface area contributed by atoms with Gasteiger partial charge in [0, 0.05) is 0 Å². The molecule has 1 aromatic heterocycles. The number of methoxy groups -OCH3 is 2. The molecule has 0 atom stereocenters. The molecular formula is C16H13NO4S. The minimum absolute atomic E-state index is 0.260. The van der Waals surface area contributed by atoms with Crippen molar-refractivity contribution < 1.29 is 19.0 Å². The number of carbonyl (C=O) groups excluding carboxylic acids is 1. The predicted octanol–water partition coefficient (Wildman–Crippen LogP) is 3.11. The van der Waals surface area contributed by atoms with Crippen LogP contribution < -0.4 is 9.47 Å². The van der Waals surface area contributed by atoms with Crippen molar-refractivity contribution in [2.75, 3.05) is 14.2 Å². The Kier molecular flexibility index (Phi) is 3.93. The number of hydrogen-bond donors (Lipinski definition) is 0. The maximum atomic E-state index is 11.9. The molecule has 0 unspecified atom stereocenters. The summed E-state index contributed by atoms with van der Waals surface area (Å²) in [6, 6.07) is 9.11. The highest BCUT2D eigenvalue weighted by atomic mass is 32.1. The van der Waals surface area contributed by atoms with Gasteiger partial charge in [-0.05, 0) is 35.2 Å². The van der Waals surface area contributed by atoms with Gasteiger partial charge in [0.2, 0.25) is 5.90 Å². The highest BCUT2D eigenvalue weighted by molar-refractivity contribution is 7.12. The summed E-state index contributed by atoms with van der Waals surface area (Å²) in [6.45, 7) is 0. The van der Waals surface area contributed by atoms with Gasteiger partial charge in [0.25, 0.3) is 0 Å². The van der Waals surface area contributed by atoms with Crippen LogP contribution in [0.3, 0.4) is 0 Å². The van der Waals surface area contributed by atoms with Gasteiger partial charge in [0.15, 0.2) is 17.2 Å². The van der Waals surface area contributed by atoms with Gasteiger partial charge in [-0.15, -0.1) is 11.3 Å². The number of thiophene rings is 1. The lowest BCUT2D eigenvalue weighted by Gasteiger charge is -2.07. The fourth-order valence-corrected chi connectivity index (χ4v) is 2.66. The van der Waals surface area contributed by atoms with Gasteiger partial charge in [0.1, 0.15) is 0 Å². The first-order valence-corrected chi connectivity index (χ1v) is 7.37. The summed E-state index contributed by atoms with van der Waals surface area (Å²) in [4.78, 5) is 17.0. The van der Waals surface area contributed by atoms with E-state index in [-0.39, 0.29) is 5.70 Å². The van der Waals surface area contributed by atoms with E-state index in [9.17, 15) is 4.79 Å². The average Bonchev–Trinajstić information content (AvgIpc) is 3.17. The Hall–Kier alpha value is -2.60. The van der Waals surface area contributed by atoms with Crippen LogP contribution in [0, 0.1) is 0 Å². The maximum absolute atomic E-state index is 11.9. The first-order chi connectivity index (χ1) is 10.7. The third-order valence-electron chi connectivity index (χ3n) is 3.06. The van der Waals surface area contributed by atoms with E-state index in [1.807, 2.05) is 23.6 Å². The molecule has 0 bridgehead atoms. The summed E-state index contributed by atoms with van der Waals surface area (Å²) in [5.41, 5.74) is 1.04. The van der Waals surface area contributed by atoms with E-state index in [1.165, 1.54) is 11.3 Å². The van der Waals surface area contributed by atoms with E-state index in [2.05, 4.69) is 4.99 Å². The first-order valence-electron chi connectivity index (χ1n) is 6.49. The largest absolute Gasteiger partial charge is 0.493 e. The van der Waals surface area contributed by atoms with Gasteiger partial charge >= 0.3 is 5.97 Å². The van der Waals surface area contributed by atoms with Crippen molar-refractivity contribution >= 4 is 29.3 Å². The van der Waals surface area contributed by atoms with Crippen LogP contribution in [0.25, 0.3) is 6.08 Å². The van der Waals surface area contributed by atoms with Crippen molar-refractivity contribution in [2.45, 2.75) is 0 Å². The normalized spacial score (nSPS) is 15.6. The van der Waals surface area contributed by atoms with E-state index in [0.717, 1.165) is 10.4 Å². The molecule has 5 nitrogen and oxygen atoms in total. The molecule has 6 heteroatoms. The second kappa shape index (κ2) is 6.03. The molecule has 0 amide bonds. The number of benzene rings is 1. The first kappa shape index (κ1) is 14.3. The number of cyclic esters (lactones) is 1. The van der Waals surface area contributed by atoms with E-state index in [4.69, 9.17) is 14.2 Å². The Bertz CT molecular complexity index is 762. The zero-order valence-electron chi connectivity index (χ0n) is 12.0. The summed E-state index contributed by atoms with van der Waals surface area (Å²) in [5.74, 6) is 1.09. The molecule has 0 fully saturated rings. The number of rotatable bonds is 4. The molecule has 0 saturated heterocycles. The van der Waals surface area contributed by atoms with Crippen LogP contribution in [-0.2, 0) is 9.53 Å². The minimum Gasteiger partial charge on any atom is -0.493 e. The van der Waals surface area contributed by atoms with Gasteiger partial charge < -0.3 is 14.2 Å². The molecule has 0 N–H and O–H groups in total. The Balaban J connectivity index is 1.93. The highest BCUT2D eigenvalue weighted by Crippen LogP contribution is 2.29. The van der Waals surface area contributed by atoms with E-state index < -0.39 is 5.97 Å². The molecular weight excluding hydrogens is 302 g/mol. The van der Waals surface area contributed by atoms with Crippen LogP contribution in [0.4, 0.5) is 0 Å². The number of carbonyl (C=O) groups is 1. The summed E-state index contributed by atoms with van der Waals surface area (Å²) in [5, 5.41) is 1.90. The summed E-state index contributed by atoms with van der Waals surface area (Å²) < 4.78 is 15.6. The molecule has 0 radical (unpaired) electrons. The van der Waals surface area contributed by atoms with Gasteiger partial charge in [-0.25, -0.2) is 9.79 Å². The molecule has 1 aliphatic heterocycles. The lowest BCUT2D eigenvalue weighted by molar-refractivity contribution is -0.129. The van der Waals surface area contributed by atoms with E-state index in [0.29, 0.717) is 17.4 Å². The molecule has 0 aliphatic carbocycles. The lowest BCUT2D eigenvalue weighted by atomic mass is 10.1. The van der Waals surface area contributed by atoms with Gasteiger partial charge in [0.05, 0.1) is 19.1 Å². The fraction of sp³-hybridized carbons (Fsp3) is 0.125. The van der Waals surface area contributed by atoms with Crippen LogP contribution >= 0.6 is 11.3 Å². The molecule has 1 aromatic carbocycles. The van der Waals surface area contributed by atoms with Crippen LogP contribution in [0.2, 0.25) is 0 Å². The molecule has 2 aromatic rings. The Morgan fingerprint density at radius 2 is 2.00 bits per heavy atom. The number of nitrogens with zero attached hydrogens (tertiary/aromatic N) is 1. The van der Waals surface area contributed by atoms with Crippen molar-refractivity contribution in [2.24, 2.45) is 4.99 Å². The van der Waals surface area contributed by atoms with E-state index >= 15 is 0 Å². The van der Waals surface area contributed by atoms with Crippen LogP contribution in [0.5, 0.6) is 11.5 Å². The van der Waals surface area contributed by atoms with E-state index in [1.54, 1.807) is 32.4 Å². The molecule has 0 spiro atoms. The minimum atomic E-state index is -0.460. The monoisotopic (exact) mass is 315 g/mol. The summed E-state index contributed by atoms with van der Waals surface area (Å²) >= 11 is 1.47. The molecule has 2 heterocycles. The Morgan fingerprint density at radius 1 is 1.18 bits per heavy atom. The zero-order chi connectivity index (χ0) is 15.5. The SMILES string of the molecule is COc1ccc(/C=C2/N=C(c3cccs3)OC2=O)cc1OC. The van der Waals surface area contributed by atoms with Crippen molar-refractivity contribution in [3.8, 4) is 11.5 Å². The fourth-order valence-electron chi connectivity index (χ4n) is 2.02. The Labute approximate surface area is 131 Å². The van der Waals surface area contributed by atoms with Crippen LogP contribution in [0.15, 0.2) is 46.4 Å². The third kappa shape index (κ3) is 2.73. The number of hydrogen-bond acceptors (Lipinski definition) is 6. The zero-order valence-corrected chi connectivity index (χ0v) is 12.8. The number of ether oxygens (including phenoxy) is 3. The van der Waals surface area contributed by atoms with Crippen molar-refractivity contribution in [3.63, 3.8) is 0 Å². The Morgan fingerprint density at radius 3 is 2.68 bits per heavy atom. The van der Waals surface area contributed by atoms with Crippen molar-refractivity contribution in [1.82, 2.24) is 0 Å². The molecule has 3 rings (SSSR count). The second-order valence-electron chi connectivity index (χ2n) is 4.43. The maximum Gasteiger partial charge on any atom is 0.363 e. The molecule has 1 aliphatic rings.